The molecule has 33 heavy (non-hydrogen) atoms. The third-order valence-electron chi connectivity index (χ3n) is 5.78. The Kier molecular flexibility index (Phi) is 8.83. The van der Waals surface area contributed by atoms with E-state index in [1.165, 1.54) is 27.9 Å². The Balaban J connectivity index is 0.000000151. The summed E-state index contributed by atoms with van der Waals surface area (Å²) >= 11 is 0. The van der Waals surface area contributed by atoms with Gasteiger partial charge in [0.15, 0.2) is 0 Å². The van der Waals surface area contributed by atoms with Crippen molar-refractivity contribution in [2.45, 2.75) is 65.7 Å². The molecule has 6 rings (SSSR count). The number of H-pyrrole nitrogens is 1. The molecule has 0 spiro atoms. The molecular formula is C26H39N5O2. The molecule has 3 aliphatic heterocycles. The zero-order chi connectivity index (χ0) is 23.8. The summed E-state index contributed by atoms with van der Waals surface area (Å²) in [6.07, 6.45) is 8.82. The van der Waals surface area contributed by atoms with E-state index < -0.39 is 0 Å². The van der Waals surface area contributed by atoms with E-state index in [2.05, 4.69) is 67.9 Å². The highest BCUT2D eigenvalue weighted by atomic mass is 16.5. The summed E-state index contributed by atoms with van der Waals surface area (Å²) in [5.74, 6) is 2.11. The van der Waals surface area contributed by atoms with Crippen LogP contribution in [0, 0.1) is 0 Å². The van der Waals surface area contributed by atoms with Gasteiger partial charge in [-0.2, -0.15) is 0 Å². The minimum absolute atomic E-state index is 0.301. The Morgan fingerprint density at radius 2 is 1.94 bits per heavy atom. The molecule has 0 radical (unpaired) electrons. The molecule has 7 nitrogen and oxygen atoms in total. The number of anilines is 2. The van der Waals surface area contributed by atoms with E-state index in [1.54, 1.807) is 7.11 Å². The lowest BCUT2D eigenvalue weighted by Crippen LogP contribution is -2.36. The average Bonchev–Trinajstić information content (AvgIpc) is 3.57. The third-order valence-corrected chi connectivity index (χ3v) is 5.78. The second-order valence-corrected chi connectivity index (χ2v) is 8.04. The van der Waals surface area contributed by atoms with E-state index in [0.717, 1.165) is 37.7 Å². The van der Waals surface area contributed by atoms with Crippen LogP contribution in [0.1, 0.15) is 47.5 Å². The predicted molar refractivity (Wildman–Crippen MR) is 139 cm³/mol. The first-order chi connectivity index (χ1) is 16.1. The van der Waals surface area contributed by atoms with Gasteiger partial charge in [0.05, 0.1) is 36.0 Å². The second kappa shape index (κ2) is 11.8. The van der Waals surface area contributed by atoms with Crippen molar-refractivity contribution in [3.63, 3.8) is 0 Å². The molecule has 1 aliphatic carbocycles. The number of aromatic nitrogens is 1. The fourth-order valence-electron chi connectivity index (χ4n) is 4.29. The number of amidine groups is 1. The molecule has 0 bridgehead atoms. The number of nitrogens with one attached hydrogen (secondary N) is 4. The van der Waals surface area contributed by atoms with Gasteiger partial charge in [0.2, 0.25) is 0 Å². The maximum Gasteiger partial charge on any atom is 0.120 e. The van der Waals surface area contributed by atoms with Crippen molar-refractivity contribution in [3.8, 4) is 0 Å². The maximum absolute atomic E-state index is 5.62. The minimum Gasteiger partial charge on any atom is -0.494 e. The van der Waals surface area contributed by atoms with Crippen LogP contribution < -0.4 is 16.0 Å². The number of ether oxygens (including phenoxy) is 2. The number of rotatable bonds is 1. The Hall–Kier alpha value is -2.93. The van der Waals surface area contributed by atoms with Gasteiger partial charge in [0.25, 0.3) is 0 Å². The van der Waals surface area contributed by atoms with Crippen LogP contribution in [0.5, 0.6) is 0 Å². The van der Waals surface area contributed by atoms with Crippen LogP contribution in [0.15, 0.2) is 52.9 Å². The lowest BCUT2D eigenvalue weighted by Gasteiger charge is -2.28. The monoisotopic (exact) mass is 453 g/mol. The van der Waals surface area contributed by atoms with E-state index in [-0.39, 0.29) is 0 Å². The molecule has 4 aliphatic rings. The van der Waals surface area contributed by atoms with Crippen molar-refractivity contribution >= 4 is 28.1 Å². The van der Waals surface area contributed by atoms with Crippen LogP contribution in [-0.4, -0.2) is 49.4 Å². The number of benzene rings is 1. The number of aliphatic imine (C=N–C) groups is 1. The molecular weight excluding hydrogens is 414 g/mol. The van der Waals surface area contributed by atoms with Crippen molar-refractivity contribution in [3.05, 3.63) is 47.9 Å². The summed E-state index contributed by atoms with van der Waals surface area (Å²) in [6.45, 7) is 11.8. The lowest BCUT2D eigenvalue weighted by atomic mass is 9.90. The number of nitrogens with zero attached hydrogens (tertiary/aromatic N) is 1. The molecule has 0 fully saturated rings. The summed E-state index contributed by atoms with van der Waals surface area (Å²) < 4.78 is 10.2. The van der Waals surface area contributed by atoms with Gasteiger partial charge >= 0.3 is 0 Å². The molecule has 0 amide bonds. The topological polar surface area (TPSA) is 82.7 Å². The Bertz CT molecular complexity index is 1010. The molecule has 0 saturated carbocycles. The Labute approximate surface area is 197 Å². The Morgan fingerprint density at radius 3 is 2.70 bits per heavy atom. The summed E-state index contributed by atoms with van der Waals surface area (Å²) in [7, 11) is 1.68. The zero-order valence-electron chi connectivity index (χ0n) is 20.8. The van der Waals surface area contributed by atoms with Gasteiger partial charge in [0.1, 0.15) is 11.8 Å². The summed E-state index contributed by atoms with van der Waals surface area (Å²) in [4.78, 5) is 7.81. The molecule has 1 aromatic heterocycles. The molecule has 1 aromatic carbocycles. The number of aromatic amines is 1. The first kappa shape index (κ1) is 24.7. The first-order valence-electron chi connectivity index (χ1n) is 12.1. The molecule has 3 unspecified atom stereocenters. The molecule has 4 heterocycles. The lowest BCUT2D eigenvalue weighted by molar-refractivity contribution is 0.193. The van der Waals surface area contributed by atoms with Gasteiger partial charge in [0, 0.05) is 30.8 Å². The molecule has 0 saturated heterocycles. The Morgan fingerprint density at radius 1 is 1.15 bits per heavy atom. The summed E-state index contributed by atoms with van der Waals surface area (Å²) in [6, 6.07) is 6.97. The fraction of sp³-hybridized carbons (Fsp3) is 0.500. The number of hydrogen-bond donors (Lipinski definition) is 4. The molecule has 3 atom stereocenters. The highest BCUT2D eigenvalue weighted by molar-refractivity contribution is 6.00. The average molecular weight is 454 g/mol. The van der Waals surface area contributed by atoms with Crippen molar-refractivity contribution < 1.29 is 9.47 Å². The standard InChI is InChI=1S/C11H14N2O.C10H11N3.C3H8O.C2H6/c1-7-12-9-4-5-10-8(11(9)13-7)3-2-6-14-10;1-6-12-9-3-2-8-7(4-5-11-8)10(9)13-6;1-3-4-2;1-2/h4-5,9,11H,2-3,6H2,1H3,(H,12,13);2-6,11-13H,1H3;3H2,1-2H3;1-2H3. The first-order valence-corrected chi connectivity index (χ1v) is 12.1. The van der Waals surface area contributed by atoms with Gasteiger partial charge in [-0.25, -0.2) is 0 Å². The van der Waals surface area contributed by atoms with Crippen LogP contribution in [0.4, 0.5) is 11.4 Å². The smallest absolute Gasteiger partial charge is 0.120 e. The second-order valence-electron chi connectivity index (χ2n) is 8.04. The van der Waals surface area contributed by atoms with Crippen LogP contribution in [0.3, 0.4) is 0 Å². The highest BCUT2D eigenvalue weighted by Gasteiger charge is 2.33. The van der Waals surface area contributed by atoms with Crippen LogP contribution in [0.2, 0.25) is 0 Å². The highest BCUT2D eigenvalue weighted by Crippen LogP contribution is 2.35. The quantitative estimate of drug-likeness (QED) is 0.464. The van der Waals surface area contributed by atoms with Gasteiger partial charge < -0.3 is 30.4 Å². The SMILES string of the molecule is CC.CC1=NC2C3=C(C=CC2N1)OCCC3.CC1Nc2ccc3[nH]ccc3c2N1.CCOC. The largest absolute Gasteiger partial charge is 0.494 e. The number of allylic oxidation sites excluding steroid dienone is 1. The van der Waals surface area contributed by atoms with Crippen molar-refractivity contribution in [1.29, 1.82) is 0 Å². The van der Waals surface area contributed by atoms with E-state index in [9.17, 15) is 0 Å². The third kappa shape index (κ3) is 5.71. The number of fused-ring (bicyclic) bond motifs is 5. The summed E-state index contributed by atoms with van der Waals surface area (Å²) in [5.41, 5.74) is 4.97. The van der Waals surface area contributed by atoms with Crippen molar-refractivity contribution in [1.82, 2.24) is 10.3 Å². The molecule has 2 aromatic rings. The van der Waals surface area contributed by atoms with E-state index in [0.29, 0.717) is 18.2 Å². The summed E-state index contributed by atoms with van der Waals surface area (Å²) in [5, 5.41) is 11.4. The van der Waals surface area contributed by atoms with E-state index in [1.807, 2.05) is 33.9 Å². The maximum atomic E-state index is 5.62. The predicted octanol–water partition coefficient (Wildman–Crippen LogP) is 5.41. The number of hydrogen-bond acceptors (Lipinski definition) is 6. The number of methoxy groups -OCH3 is 1. The van der Waals surface area contributed by atoms with Gasteiger partial charge in [-0.1, -0.05) is 19.9 Å². The van der Waals surface area contributed by atoms with Crippen LogP contribution >= 0.6 is 0 Å². The molecule has 7 heteroatoms. The van der Waals surface area contributed by atoms with E-state index >= 15 is 0 Å². The zero-order valence-corrected chi connectivity index (χ0v) is 20.8. The van der Waals surface area contributed by atoms with Gasteiger partial charge in [-0.3, -0.25) is 4.99 Å². The van der Waals surface area contributed by atoms with Gasteiger partial charge in [-0.15, -0.1) is 0 Å². The fourth-order valence-corrected chi connectivity index (χ4v) is 4.29. The molecule has 4 N–H and O–H groups in total. The minimum atomic E-state index is 0.301. The van der Waals surface area contributed by atoms with Crippen molar-refractivity contribution in [2.75, 3.05) is 31.0 Å². The van der Waals surface area contributed by atoms with Crippen LogP contribution in [0.25, 0.3) is 10.9 Å². The van der Waals surface area contributed by atoms with Crippen molar-refractivity contribution in [2.24, 2.45) is 4.99 Å². The molecule has 180 valence electrons. The van der Waals surface area contributed by atoms with Gasteiger partial charge in [-0.05, 0) is 63.5 Å². The normalized spacial score (nSPS) is 23.3. The van der Waals surface area contributed by atoms with E-state index in [4.69, 9.17) is 4.74 Å². The van der Waals surface area contributed by atoms with Crippen LogP contribution in [-0.2, 0) is 9.47 Å².